The van der Waals surface area contributed by atoms with Gasteiger partial charge in [0.25, 0.3) is 0 Å². The summed E-state index contributed by atoms with van der Waals surface area (Å²) in [4.78, 5) is 0. The summed E-state index contributed by atoms with van der Waals surface area (Å²) in [6, 6.07) is 8.46. The van der Waals surface area contributed by atoms with Crippen molar-refractivity contribution >= 4 is 0 Å². The van der Waals surface area contributed by atoms with E-state index in [1.54, 1.807) is 0 Å². The summed E-state index contributed by atoms with van der Waals surface area (Å²) in [6.07, 6.45) is 7.01. The molecular weight excluding hydrogens is 156 g/mol. The number of benzene rings is 1. The van der Waals surface area contributed by atoms with Gasteiger partial charge in [0.15, 0.2) is 0 Å². The lowest BCUT2D eigenvalue weighted by molar-refractivity contribution is 1.13. The first-order valence-electron chi connectivity index (χ1n) is 4.88. The highest BCUT2D eigenvalue weighted by molar-refractivity contribution is 5.24. The smallest absolute Gasteiger partial charge is 0.0337 e. The van der Waals surface area contributed by atoms with E-state index in [0.717, 1.165) is 12.8 Å². The van der Waals surface area contributed by atoms with Crippen LogP contribution in [0.2, 0.25) is 0 Å². The van der Waals surface area contributed by atoms with E-state index in [9.17, 15) is 0 Å². The molecule has 0 amide bonds. The highest BCUT2D eigenvalue weighted by Crippen LogP contribution is 2.04. The molecule has 1 rings (SSSR count). The van der Waals surface area contributed by atoms with Gasteiger partial charge in [0.2, 0.25) is 0 Å². The van der Waals surface area contributed by atoms with Crippen molar-refractivity contribution in [3.8, 4) is 12.3 Å². The second-order valence-electron chi connectivity index (χ2n) is 2.55. The van der Waals surface area contributed by atoms with Gasteiger partial charge in [-0.3, -0.25) is 0 Å². The standard InChI is InChI=1S/C11H12.C2H6/c1-3-5-11-8-6-10(4-2)7-9-11;1-2/h1,6-9H,4-5H2,2H3;1-2H3. The number of hydrogen-bond donors (Lipinski definition) is 0. The first-order valence-corrected chi connectivity index (χ1v) is 4.88. The van der Waals surface area contributed by atoms with Crippen LogP contribution in [0.4, 0.5) is 0 Å². The second kappa shape index (κ2) is 7.43. The van der Waals surface area contributed by atoms with Gasteiger partial charge < -0.3 is 0 Å². The average molecular weight is 174 g/mol. The monoisotopic (exact) mass is 174 g/mol. The molecule has 0 N–H and O–H groups in total. The zero-order valence-electron chi connectivity index (χ0n) is 8.80. The molecule has 0 bridgehead atoms. The molecule has 0 radical (unpaired) electrons. The zero-order valence-corrected chi connectivity index (χ0v) is 8.80. The minimum absolute atomic E-state index is 0.740. The molecule has 0 spiro atoms. The van der Waals surface area contributed by atoms with Crippen molar-refractivity contribution in [1.29, 1.82) is 0 Å². The fraction of sp³-hybridized carbons (Fsp3) is 0.385. The predicted molar refractivity (Wildman–Crippen MR) is 59.7 cm³/mol. The molecule has 13 heavy (non-hydrogen) atoms. The lowest BCUT2D eigenvalue weighted by atomic mass is 10.1. The van der Waals surface area contributed by atoms with Gasteiger partial charge in [-0.1, -0.05) is 45.0 Å². The molecule has 0 aliphatic heterocycles. The normalized spacial score (nSPS) is 8.15. The Balaban J connectivity index is 0.000000671. The summed E-state index contributed by atoms with van der Waals surface area (Å²) in [7, 11) is 0. The van der Waals surface area contributed by atoms with E-state index in [4.69, 9.17) is 6.42 Å². The summed E-state index contributed by atoms with van der Waals surface area (Å²) in [5.74, 6) is 2.62. The quantitative estimate of drug-likeness (QED) is 0.602. The van der Waals surface area contributed by atoms with E-state index in [0.29, 0.717) is 0 Å². The van der Waals surface area contributed by atoms with Gasteiger partial charge in [-0.15, -0.1) is 12.3 Å². The molecule has 0 heteroatoms. The van der Waals surface area contributed by atoms with Gasteiger partial charge in [0, 0.05) is 6.42 Å². The SMILES string of the molecule is C#CCc1ccc(CC)cc1.CC. The first-order chi connectivity index (χ1) is 6.36. The number of terminal acetylenes is 1. The second-order valence-corrected chi connectivity index (χ2v) is 2.55. The number of hydrogen-bond acceptors (Lipinski definition) is 0. The van der Waals surface area contributed by atoms with E-state index in [1.807, 2.05) is 13.8 Å². The van der Waals surface area contributed by atoms with Crippen LogP contribution >= 0.6 is 0 Å². The average Bonchev–Trinajstić information content (AvgIpc) is 2.23. The van der Waals surface area contributed by atoms with Crippen molar-refractivity contribution in [2.24, 2.45) is 0 Å². The van der Waals surface area contributed by atoms with E-state index in [-0.39, 0.29) is 0 Å². The topological polar surface area (TPSA) is 0 Å². The Morgan fingerprint density at radius 3 is 1.92 bits per heavy atom. The molecule has 70 valence electrons. The first kappa shape index (κ1) is 11.8. The lowest BCUT2D eigenvalue weighted by Gasteiger charge is -1.97. The number of aryl methyl sites for hydroxylation is 1. The van der Waals surface area contributed by atoms with Crippen LogP contribution in [0.5, 0.6) is 0 Å². The van der Waals surface area contributed by atoms with Crippen LogP contribution in [0, 0.1) is 12.3 Å². The summed E-state index contributed by atoms with van der Waals surface area (Å²) in [5.41, 5.74) is 2.59. The molecule has 0 aromatic heterocycles. The zero-order chi connectivity index (χ0) is 10.1. The van der Waals surface area contributed by atoms with Crippen molar-refractivity contribution in [3.63, 3.8) is 0 Å². The van der Waals surface area contributed by atoms with Crippen molar-refractivity contribution in [1.82, 2.24) is 0 Å². The van der Waals surface area contributed by atoms with Gasteiger partial charge in [0.1, 0.15) is 0 Å². The third kappa shape index (κ3) is 4.38. The lowest BCUT2D eigenvalue weighted by Crippen LogP contribution is -1.83. The fourth-order valence-corrected chi connectivity index (χ4v) is 1.01. The molecule has 0 saturated heterocycles. The Bertz CT molecular complexity index is 248. The molecular formula is C13H18. The van der Waals surface area contributed by atoms with Gasteiger partial charge in [-0.05, 0) is 17.5 Å². The Morgan fingerprint density at radius 1 is 1.08 bits per heavy atom. The van der Waals surface area contributed by atoms with Gasteiger partial charge in [-0.2, -0.15) is 0 Å². The molecule has 0 nitrogen and oxygen atoms in total. The third-order valence-electron chi connectivity index (χ3n) is 1.74. The third-order valence-corrected chi connectivity index (χ3v) is 1.74. The van der Waals surface area contributed by atoms with Crippen LogP contribution < -0.4 is 0 Å². The van der Waals surface area contributed by atoms with Crippen LogP contribution in [-0.4, -0.2) is 0 Å². The Labute approximate surface area is 82.0 Å². The van der Waals surface area contributed by atoms with Crippen molar-refractivity contribution in [2.45, 2.75) is 33.6 Å². The summed E-state index contributed by atoms with van der Waals surface area (Å²) < 4.78 is 0. The summed E-state index contributed by atoms with van der Waals surface area (Å²) >= 11 is 0. The minimum Gasteiger partial charge on any atom is -0.120 e. The van der Waals surface area contributed by atoms with Crippen LogP contribution in [0.1, 0.15) is 31.9 Å². The molecule has 0 unspecified atom stereocenters. The Hall–Kier alpha value is -1.22. The highest BCUT2D eigenvalue weighted by atomic mass is 13.9. The molecule has 0 heterocycles. The molecule has 0 aliphatic carbocycles. The van der Waals surface area contributed by atoms with E-state index < -0.39 is 0 Å². The van der Waals surface area contributed by atoms with E-state index in [2.05, 4.69) is 37.1 Å². The maximum absolute atomic E-state index is 5.18. The van der Waals surface area contributed by atoms with Gasteiger partial charge in [-0.25, -0.2) is 0 Å². The van der Waals surface area contributed by atoms with Gasteiger partial charge in [0.05, 0.1) is 0 Å². The van der Waals surface area contributed by atoms with Crippen molar-refractivity contribution in [3.05, 3.63) is 35.4 Å². The van der Waals surface area contributed by atoms with Crippen LogP contribution in [0.15, 0.2) is 24.3 Å². The highest BCUT2D eigenvalue weighted by Gasteiger charge is 1.89. The maximum atomic E-state index is 5.18. The number of rotatable bonds is 2. The summed E-state index contributed by atoms with van der Waals surface area (Å²) in [5, 5.41) is 0. The molecule has 1 aromatic carbocycles. The van der Waals surface area contributed by atoms with Gasteiger partial charge >= 0.3 is 0 Å². The molecule has 0 aliphatic rings. The minimum atomic E-state index is 0.740. The Kier molecular flexibility index (Phi) is 6.73. The fourth-order valence-electron chi connectivity index (χ4n) is 1.01. The van der Waals surface area contributed by atoms with Crippen LogP contribution in [0.25, 0.3) is 0 Å². The van der Waals surface area contributed by atoms with E-state index in [1.165, 1.54) is 11.1 Å². The van der Waals surface area contributed by atoms with Crippen molar-refractivity contribution in [2.75, 3.05) is 0 Å². The van der Waals surface area contributed by atoms with Crippen LogP contribution in [-0.2, 0) is 12.8 Å². The molecule has 1 aromatic rings. The van der Waals surface area contributed by atoms with Crippen LogP contribution in [0.3, 0.4) is 0 Å². The summed E-state index contributed by atoms with van der Waals surface area (Å²) in [6.45, 7) is 6.15. The van der Waals surface area contributed by atoms with E-state index >= 15 is 0 Å². The maximum Gasteiger partial charge on any atom is 0.0337 e. The largest absolute Gasteiger partial charge is 0.120 e. The molecule has 0 fully saturated rings. The Morgan fingerprint density at radius 2 is 1.54 bits per heavy atom. The predicted octanol–water partition coefficient (Wildman–Crippen LogP) is 3.45. The van der Waals surface area contributed by atoms with Crippen molar-refractivity contribution < 1.29 is 0 Å². The molecule has 0 saturated carbocycles. The molecule has 0 atom stereocenters.